The van der Waals surface area contributed by atoms with Gasteiger partial charge in [-0.05, 0) is 70.4 Å². The van der Waals surface area contributed by atoms with E-state index in [2.05, 4.69) is 33.0 Å². The summed E-state index contributed by atoms with van der Waals surface area (Å²) in [6.07, 6.45) is 4.02. The summed E-state index contributed by atoms with van der Waals surface area (Å²) in [4.78, 5) is 40.4. The SMILES string of the molecule is COc1cc(C2C3=C(CCCC3=O)N(Cc3ccccc3)C3=C2C(=O)CCC3)cc(Br)c1OCc1cccc([N+](=O)[O-])c1. The summed E-state index contributed by atoms with van der Waals surface area (Å²) in [7, 11) is 1.54. The fraction of sp³-hybridized carbons (Fsp3) is 0.294. The van der Waals surface area contributed by atoms with Crippen LogP contribution < -0.4 is 9.47 Å². The third-order valence-corrected chi connectivity index (χ3v) is 8.95. The molecule has 0 saturated carbocycles. The maximum absolute atomic E-state index is 13.7. The number of hydrogen-bond acceptors (Lipinski definition) is 7. The molecule has 2 aliphatic carbocycles. The summed E-state index contributed by atoms with van der Waals surface area (Å²) < 4.78 is 12.5. The Morgan fingerprint density at radius 1 is 0.884 bits per heavy atom. The maximum atomic E-state index is 13.7. The van der Waals surface area contributed by atoms with Crippen molar-refractivity contribution < 1.29 is 24.0 Å². The number of benzene rings is 3. The molecule has 43 heavy (non-hydrogen) atoms. The van der Waals surface area contributed by atoms with Gasteiger partial charge >= 0.3 is 0 Å². The summed E-state index contributed by atoms with van der Waals surface area (Å²) in [5.74, 6) is 0.546. The summed E-state index contributed by atoms with van der Waals surface area (Å²) in [6, 6.07) is 20.2. The van der Waals surface area contributed by atoms with Gasteiger partial charge in [0.1, 0.15) is 6.61 Å². The number of halogens is 1. The Kier molecular flexibility index (Phi) is 8.17. The molecule has 1 heterocycles. The van der Waals surface area contributed by atoms with Crippen molar-refractivity contribution >= 4 is 33.2 Å². The van der Waals surface area contributed by atoms with Gasteiger partial charge in [0, 0.05) is 60.0 Å². The van der Waals surface area contributed by atoms with E-state index in [0.29, 0.717) is 52.1 Å². The smallest absolute Gasteiger partial charge is 0.269 e. The summed E-state index contributed by atoms with van der Waals surface area (Å²) in [5.41, 5.74) is 5.98. The van der Waals surface area contributed by atoms with Gasteiger partial charge in [0.25, 0.3) is 5.69 Å². The molecular formula is C34H31BrN2O6. The van der Waals surface area contributed by atoms with Gasteiger partial charge in [0.05, 0.1) is 16.5 Å². The van der Waals surface area contributed by atoms with Gasteiger partial charge in [0.2, 0.25) is 0 Å². The van der Waals surface area contributed by atoms with E-state index in [4.69, 9.17) is 9.47 Å². The van der Waals surface area contributed by atoms with Crippen molar-refractivity contribution in [3.05, 3.63) is 121 Å². The van der Waals surface area contributed by atoms with Crippen LogP contribution in [0.5, 0.6) is 11.5 Å². The Morgan fingerprint density at radius 3 is 2.16 bits per heavy atom. The number of nitro benzene ring substituents is 1. The molecule has 0 bridgehead atoms. The number of rotatable bonds is 8. The number of carbonyl (C=O) groups is 2. The summed E-state index contributed by atoms with van der Waals surface area (Å²) in [6.45, 7) is 0.707. The number of ketones is 2. The van der Waals surface area contributed by atoms with Crippen molar-refractivity contribution in [3.8, 4) is 11.5 Å². The van der Waals surface area contributed by atoms with Gasteiger partial charge in [0.15, 0.2) is 23.1 Å². The fourth-order valence-corrected chi connectivity index (χ4v) is 7.04. The van der Waals surface area contributed by atoms with Gasteiger partial charge in [-0.2, -0.15) is 0 Å². The number of Topliss-reactive ketones (excluding diaryl/α,β-unsaturated/α-hetero) is 2. The number of allylic oxidation sites excluding steroid dienone is 4. The van der Waals surface area contributed by atoms with Crippen LogP contribution in [0.15, 0.2) is 93.7 Å². The largest absolute Gasteiger partial charge is 0.493 e. The average Bonchev–Trinajstić information content (AvgIpc) is 3.01. The standard InChI is InChI=1S/C34H31BrN2O6/c1-42-30-18-23(17-25(35)34(30)43-20-22-10-5-11-24(16-22)37(40)41)31-32-26(12-6-14-28(32)38)36(19-21-8-3-2-4-9-21)27-13-7-15-29(39)33(27)31/h2-5,8-11,16-18,31H,6-7,12-15,19-20H2,1H3. The molecule has 0 aromatic heterocycles. The molecule has 3 aromatic rings. The summed E-state index contributed by atoms with van der Waals surface area (Å²) >= 11 is 3.65. The Bertz CT molecular complexity index is 1640. The molecule has 9 heteroatoms. The Morgan fingerprint density at radius 2 is 1.53 bits per heavy atom. The van der Waals surface area contributed by atoms with Crippen molar-refractivity contribution in [3.63, 3.8) is 0 Å². The monoisotopic (exact) mass is 642 g/mol. The Balaban J connectivity index is 1.42. The second-order valence-electron chi connectivity index (χ2n) is 11.0. The number of non-ortho nitro benzene ring substituents is 1. The number of ether oxygens (including phenoxy) is 2. The lowest BCUT2D eigenvalue weighted by Crippen LogP contribution is -2.38. The number of hydrogen-bond donors (Lipinski definition) is 0. The third kappa shape index (κ3) is 5.61. The Labute approximate surface area is 258 Å². The zero-order chi connectivity index (χ0) is 30.1. The molecule has 6 rings (SSSR count). The van der Waals surface area contributed by atoms with Gasteiger partial charge in [-0.3, -0.25) is 19.7 Å². The number of nitrogens with zero attached hydrogens (tertiary/aromatic N) is 2. The predicted octanol–water partition coefficient (Wildman–Crippen LogP) is 7.56. The van der Waals surface area contributed by atoms with E-state index in [1.54, 1.807) is 19.2 Å². The average molecular weight is 644 g/mol. The molecule has 0 N–H and O–H groups in total. The number of nitro groups is 1. The van der Waals surface area contributed by atoms with Crippen molar-refractivity contribution in [2.24, 2.45) is 0 Å². The molecular weight excluding hydrogens is 612 g/mol. The molecule has 0 fully saturated rings. The number of methoxy groups -OCH3 is 1. The van der Waals surface area contributed by atoms with Crippen LogP contribution in [-0.4, -0.2) is 28.5 Å². The molecule has 220 valence electrons. The van der Waals surface area contributed by atoms with E-state index < -0.39 is 10.8 Å². The topological polar surface area (TPSA) is 99.0 Å². The van der Waals surface area contributed by atoms with Gasteiger partial charge in [-0.1, -0.05) is 42.5 Å². The highest BCUT2D eigenvalue weighted by Gasteiger charge is 2.43. The first-order valence-corrected chi connectivity index (χ1v) is 15.2. The van der Waals surface area contributed by atoms with E-state index in [1.165, 1.54) is 12.1 Å². The molecule has 1 aliphatic heterocycles. The molecule has 0 amide bonds. The van der Waals surface area contributed by atoms with Crippen molar-refractivity contribution in [2.75, 3.05) is 7.11 Å². The van der Waals surface area contributed by atoms with Crippen LogP contribution in [0.4, 0.5) is 5.69 Å². The molecule has 0 saturated heterocycles. The lowest BCUT2D eigenvalue weighted by Gasteiger charge is -2.44. The first kappa shape index (κ1) is 28.9. The molecule has 0 unspecified atom stereocenters. The minimum atomic E-state index is -0.492. The molecule has 8 nitrogen and oxygen atoms in total. The Hall–Kier alpha value is -4.24. The lowest BCUT2D eigenvalue weighted by molar-refractivity contribution is -0.384. The first-order valence-electron chi connectivity index (χ1n) is 14.4. The van der Waals surface area contributed by atoms with Crippen LogP contribution in [0.3, 0.4) is 0 Å². The lowest BCUT2D eigenvalue weighted by atomic mass is 9.71. The minimum Gasteiger partial charge on any atom is -0.493 e. The predicted molar refractivity (Wildman–Crippen MR) is 165 cm³/mol. The second-order valence-corrected chi connectivity index (χ2v) is 11.9. The van der Waals surface area contributed by atoms with E-state index in [1.807, 2.05) is 30.3 Å². The van der Waals surface area contributed by atoms with Crippen molar-refractivity contribution in [1.82, 2.24) is 4.90 Å². The van der Waals surface area contributed by atoms with Crippen LogP contribution in [0.2, 0.25) is 0 Å². The van der Waals surface area contributed by atoms with E-state index in [-0.39, 0.29) is 23.9 Å². The highest BCUT2D eigenvalue weighted by atomic mass is 79.9. The van der Waals surface area contributed by atoms with Gasteiger partial charge in [-0.15, -0.1) is 0 Å². The van der Waals surface area contributed by atoms with Crippen LogP contribution in [0.25, 0.3) is 0 Å². The maximum Gasteiger partial charge on any atom is 0.269 e. The van der Waals surface area contributed by atoms with Crippen LogP contribution in [0.1, 0.15) is 61.1 Å². The number of carbonyl (C=O) groups excluding carboxylic acids is 2. The molecule has 3 aromatic carbocycles. The van der Waals surface area contributed by atoms with E-state index in [9.17, 15) is 19.7 Å². The van der Waals surface area contributed by atoms with E-state index >= 15 is 0 Å². The normalized spacial score (nSPS) is 17.1. The third-order valence-electron chi connectivity index (χ3n) is 8.36. The van der Waals surface area contributed by atoms with Gasteiger partial charge < -0.3 is 14.4 Å². The summed E-state index contributed by atoms with van der Waals surface area (Å²) in [5, 5.41) is 11.2. The highest BCUT2D eigenvalue weighted by molar-refractivity contribution is 9.10. The van der Waals surface area contributed by atoms with Crippen LogP contribution in [0, 0.1) is 10.1 Å². The van der Waals surface area contributed by atoms with Crippen LogP contribution >= 0.6 is 15.9 Å². The second kappa shape index (κ2) is 12.2. The molecule has 0 radical (unpaired) electrons. The van der Waals surface area contributed by atoms with Crippen LogP contribution in [-0.2, 0) is 22.7 Å². The molecule has 0 spiro atoms. The molecule has 0 atom stereocenters. The van der Waals surface area contributed by atoms with Gasteiger partial charge in [-0.25, -0.2) is 0 Å². The van der Waals surface area contributed by atoms with E-state index in [0.717, 1.165) is 48.2 Å². The van der Waals surface area contributed by atoms with Crippen molar-refractivity contribution in [1.29, 1.82) is 0 Å². The zero-order valence-corrected chi connectivity index (χ0v) is 25.4. The first-order chi connectivity index (χ1) is 20.9. The molecule has 3 aliphatic rings. The van der Waals surface area contributed by atoms with Crippen molar-refractivity contribution in [2.45, 2.75) is 57.6 Å². The fourth-order valence-electron chi connectivity index (χ4n) is 6.47. The quantitative estimate of drug-likeness (QED) is 0.185. The highest BCUT2D eigenvalue weighted by Crippen LogP contribution is 2.51. The zero-order valence-electron chi connectivity index (χ0n) is 23.8. The minimum absolute atomic E-state index is 0.0106.